The average Bonchev–Trinajstić information content (AvgIpc) is 3.17. The fourth-order valence-corrected chi connectivity index (χ4v) is 3.38. The summed E-state index contributed by atoms with van der Waals surface area (Å²) < 4.78 is 6.37. The van der Waals surface area contributed by atoms with Crippen LogP contribution in [0.25, 0.3) is 22.4 Å². The van der Waals surface area contributed by atoms with E-state index in [4.69, 9.17) is 4.42 Å². The summed E-state index contributed by atoms with van der Waals surface area (Å²) in [6.45, 7) is 1.06. The Bertz CT molecular complexity index is 757. The van der Waals surface area contributed by atoms with Gasteiger partial charge in [-0.15, -0.1) is 0 Å². The van der Waals surface area contributed by atoms with Crippen LogP contribution in [0, 0.1) is 0 Å². The zero-order valence-corrected chi connectivity index (χ0v) is 12.3. The summed E-state index contributed by atoms with van der Waals surface area (Å²) in [4.78, 5) is 4.13. The summed E-state index contributed by atoms with van der Waals surface area (Å²) >= 11 is 3.67. The standard InChI is InChI=1S/C14H13BrN4O/c15-12-13(18-19-14(12)10-2-1-5-16-10)8-3-4-9-11(6-8)20-7-17-9/h3-4,6-7,10,16H,1-2,5H2,(H,18,19). The highest BCUT2D eigenvalue weighted by Gasteiger charge is 2.23. The largest absolute Gasteiger partial charge is 0.443 e. The summed E-state index contributed by atoms with van der Waals surface area (Å²) in [5, 5.41) is 11.1. The molecule has 1 saturated heterocycles. The van der Waals surface area contributed by atoms with Crippen molar-refractivity contribution in [2.24, 2.45) is 0 Å². The van der Waals surface area contributed by atoms with E-state index in [1.54, 1.807) is 0 Å². The number of H-pyrrole nitrogens is 1. The van der Waals surface area contributed by atoms with Crippen LogP contribution < -0.4 is 5.32 Å². The lowest BCUT2D eigenvalue weighted by Crippen LogP contribution is -2.13. The number of benzene rings is 1. The Labute approximate surface area is 123 Å². The Morgan fingerprint density at radius 3 is 3.15 bits per heavy atom. The summed E-state index contributed by atoms with van der Waals surface area (Å²) in [6, 6.07) is 6.29. The zero-order valence-electron chi connectivity index (χ0n) is 10.7. The van der Waals surface area contributed by atoms with E-state index >= 15 is 0 Å². The molecule has 3 aromatic rings. The van der Waals surface area contributed by atoms with Crippen LogP contribution in [0.5, 0.6) is 0 Å². The molecule has 0 radical (unpaired) electrons. The highest BCUT2D eigenvalue weighted by molar-refractivity contribution is 9.10. The molecule has 1 unspecified atom stereocenters. The van der Waals surface area contributed by atoms with Gasteiger partial charge in [-0.2, -0.15) is 5.10 Å². The molecule has 0 amide bonds. The predicted molar refractivity (Wildman–Crippen MR) is 79.3 cm³/mol. The first-order chi connectivity index (χ1) is 9.83. The molecule has 0 aliphatic carbocycles. The van der Waals surface area contributed by atoms with Gasteiger partial charge in [0, 0.05) is 5.56 Å². The molecule has 1 fully saturated rings. The molecule has 1 aliphatic heterocycles. The van der Waals surface area contributed by atoms with Crippen molar-refractivity contribution in [1.29, 1.82) is 0 Å². The molecule has 2 N–H and O–H groups in total. The summed E-state index contributed by atoms with van der Waals surface area (Å²) in [5.74, 6) is 0. The van der Waals surface area contributed by atoms with Gasteiger partial charge in [-0.05, 0) is 47.4 Å². The van der Waals surface area contributed by atoms with Gasteiger partial charge < -0.3 is 9.73 Å². The topological polar surface area (TPSA) is 66.7 Å². The second-order valence-electron chi connectivity index (χ2n) is 4.98. The average molecular weight is 333 g/mol. The maximum absolute atomic E-state index is 5.35. The first kappa shape index (κ1) is 12.1. The molecule has 1 aromatic carbocycles. The van der Waals surface area contributed by atoms with E-state index in [-0.39, 0.29) is 0 Å². The highest BCUT2D eigenvalue weighted by atomic mass is 79.9. The minimum Gasteiger partial charge on any atom is -0.443 e. The molecule has 5 nitrogen and oxygen atoms in total. The lowest BCUT2D eigenvalue weighted by Gasteiger charge is -2.07. The van der Waals surface area contributed by atoms with Gasteiger partial charge in [-0.1, -0.05) is 6.07 Å². The molecule has 6 heteroatoms. The molecule has 0 saturated carbocycles. The van der Waals surface area contributed by atoms with Gasteiger partial charge >= 0.3 is 0 Å². The molecule has 0 bridgehead atoms. The van der Waals surface area contributed by atoms with Crippen LogP contribution in [0.1, 0.15) is 24.6 Å². The highest BCUT2D eigenvalue weighted by Crippen LogP contribution is 2.35. The number of rotatable bonds is 2. The number of fused-ring (bicyclic) bond motifs is 1. The number of oxazole rings is 1. The molecule has 4 rings (SSSR count). The lowest BCUT2D eigenvalue weighted by molar-refractivity contribution is 0.602. The van der Waals surface area contributed by atoms with Gasteiger partial charge in [0.2, 0.25) is 0 Å². The summed E-state index contributed by atoms with van der Waals surface area (Å²) in [5.41, 5.74) is 4.68. The van der Waals surface area contributed by atoms with Crippen molar-refractivity contribution in [3.8, 4) is 11.3 Å². The maximum atomic E-state index is 5.35. The van der Waals surface area contributed by atoms with Crippen LogP contribution in [0.4, 0.5) is 0 Å². The van der Waals surface area contributed by atoms with Crippen molar-refractivity contribution in [3.63, 3.8) is 0 Å². The number of aromatic nitrogens is 3. The minimum atomic E-state index is 0.361. The molecule has 2 aromatic heterocycles. The molecule has 0 spiro atoms. The van der Waals surface area contributed by atoms with E-state index < -0.39 is 0 Å². The van der Waals surface area contributed by atoms with Crippen molar-refractivity contribution >= 4 is 27.0 Å². The quantitative estimate of drug-likeness (QED) is 0.754. The van der Waals surface area contributed by atoms with E-state index in [1.807, 2.05) is 18.2 Å². The molecular formula is C14H13BrN4O. The van der Waals surface area contributed by atoms with Crippen LogP contribution in [0.15, 0.2) is 33.5 Å². The van der Waals surface area contributed by atoms with Gasteiger partial charge in [0.15, 0.2) is 12.0 Å². The van der Waals surface area contributed by atoms with Gasteiger partial charge in [0.1, 0.15) is 11.2 Å². The fourth-order valence-electron chi connectivity index (χ4n) is 2.70. The van der Waals surface area contributed by atoms with Crippen LogP contribution in [0.2, 0.25) is 0 Å². The number of nitrogens with one attached hydrogen (secondary N) is 2. The normalized spacial score (nSPS) is 18.9. The first-order valence-corrected chi connectivity index (χ1v) is 7.43. The SMILES string of the molecule is Brc1c(-c2ccc3ncoc3c2)n[nH]c1C1CCCN1. The Morgan fingerprint density at radius 2 is 2.30 bits per heavy atom. The number of halogens is 1. The fraction of sp³-hybridized carbons (Fsp3) is 0.286. The van der Waals surface area contributed by atoms with Crippen LogP contribution in [0.3, 0.4) is 0 Å². The second kappa shape index (κ2) is 4.71. The lowest BCUT2D eigenvalue weighted by atomic mass is 10.1. The van der Waals surface area contributed by atoms with E-state index in [2.05, 4.69) is 36.4 Å². The molecule has 3 heterocycles. The van der Waals surface area contributed by atoms with E-state index in [1.165, 1.54) is 12.8 Å². The van der Waals surface area contributed by atoms with Gasteiger partial charge in [-0.3, -0.25) is 5.10 Å². The Hall–Kier alpha value is -1.66. The van der Waals surface area contributed by atoms with Gasteiger partial charge in [0.05, 0.1) is 16.2 Å². The number of hydrogen-bond acceptors (Lipinski definition) is 4. The zero-order chi connectivity index (χ0) is 13.5. The number of aromatic amines is 1. The Kier molecular flexibility index (Phi) is 2.85. The van der Waals surface area contributed by atoms with Crippen molar-refractivity contribution < 1.29 is 4.42 Å². The van der Waals surface area contributed by atoms with Crippen molar-refractivity contribution in [3.05, 3.63) is 34.8 Å². The minimum absolute atomic E-state index is 0.361. The van der Waals surface area contributed by atoms with Crippen molar-refractivity contribution in [2.75, 3.05) is 6.54 Å². The second-order valence-corrected chi connectivity index (χ2v) is 5.78. The van der Waals surface area contributed by atoms with Crippen LogP contribution in [-0.4, -0.2) is 21.7 Å². The molecule has 1 atom stereocenters. The number of hydrogen-bond donors (Lipinski definition) is 2. The van der Waals surface area contributed by atoms with E-state index in [0.717, 1.165) is 45.5 Å². The molecule has 102 valence electrons. The third-order valence-corrected chi connectivity index (χ3v) is 4.55. The van der Waals surface area contributed by atoms with Crippen LogP contribution >= 0.6 is 15.9 Å². The number of nitrogens with zero attached hydrogens (tertiary/aromatic N) is 2. The predicted octanol–water partition coefficient (Wildman–Crippen LogP) is 3.40. The van der Waals surface area contributed by atoms with E-state index in [0.29, 0.717) is 6.04 Å². The van der Waals surface area contributed by atoms with E-state index in [9.17, 15) is 0 Å². The van der Waals surface area contributed by atoms with Crippen LogP contribution in [-0.2, 0) is 0 Å². The molecule has 20 heavy (non-hydrogen) atoms. The third kappa shape index (κ3) is 1.87. The van der Waals surface area contributed by atoms with Crippen molar-refractivity contribution in [2.45, 2.75) is 18.9 Å². The van der Waals surface area contributed by atoms with Gasteiger partial charge in [-0.25, -0.2) is 4.98 Å². The van der Waals surface area contributed by atoms with Gasteiger partial charge in [0.25, 0.3) is 0 Å². The molecule has 1 aliphatic rings. The Morgan fingerprint density at radius 1 is 1.35 bits per heavy atom. The monoisotopic (exact) mass is 332 g/mol. The Balaban J connectivity index is 1.77. The smallest absolute Gasteiger partial charge is 0.181 e. The maximum Gasteiger partial charge on any atom is 0.181 e. The third-order valence-electron chi connectivity index (χ3n) is 3.75. The summed E-state index contributed by atoms with van der Waals surface area (Å²) in [6.07, 6.45) is 3.80. The first-order valence-electron chi connectivity index (χ1n) is 6.64. The summed E-state index contributed by atoms with van der Waals surface area (Å²) in [7, 11) is 0. The van der Waals surface area contributed by atoms with Crippen molar-refractivity contribution in [1.82, 2.24) is 20.5 Å². The molecular weight excluding hydrogens is 320 g/mol.